The van der Waals surface area contributed by atoms with Crippen molar-refractivity contribution in [2.45, 2.75) is 6.92 Å². The van der Waals surface area contributed by atoms with Gasteiger partial charge in [0.05, 0.1) is 12.8 Å². The maximum absolute atomic E-state index is 5.34. The van der Waals surface area contributed by atoms with Gasteiger partial charge in [-0.05, 0) is 40.5 Å². The second kappa shape index (κ2) is 4.33. The maximum atomic E-state index is 5.34. The van der Waals surface area contributed by atoms with Crippen LogP contribution in [0.3, 0.4) is 0 Å². The lowest BCUT2D eigenvalue weighted by Crippen LogP contribution is -1.88. The van der Waals surface area contributed by atoms with Crippen molar-refractivity contribution < 1.29 is 4.74 Å². The van der Waals surface area contributed by atoms with E-state index in [0.29, 0.717) is 0 Å². The molecule has 0 aliphatic heterocycles. The monoisotopic (exact) mass is 283 g/mol. The first-order valence-corrected chi connectivity index (χ1v) is 6.14. The van der Waals surface area contributed by atoms with Crippen LogP contribution < -0.4 is 4.74 Å². The third kappa shape index (κ3) is 2.21. The van der Waals surface area contributed by atoms with E-state index in [4.69, 9.17) is 4.74 Å². The van der Waals surface area contributed by atoms with Crippen molar-refractivity contribution in [3.8, 4) is 17.0 Å². The molecule has 1 heterocycles. The third-order valence-corrected chi connectivity index (χ3v) is 3.47. The van der Waals surface area contributed by atoms with Gasteiger partial charge in [0.25, 0.3) is 0 Å². The Morgan fingerprint density at radius 1 is 1.40 bits per heavy atom. The van der Waals surface area contributed by atoms with Crippen molar-refractivity contribution in [2.75, 3.05) is 7.11 Å². The molecule has 78 valence electrons. The summed E-state index contributed by atoms with van der Waals surface area (Å²) >= 11 is 4.93. The first kappa shape index (κ1) is 10.6. The number of hydrogen-bond donors (Lipinski definition) is 0. The predicted octanol–water partition coefficient (Wildman–Crippen LogP) is 3.89. The Bertz CT molecular complexity index is 481. The Morgan fingerprint density at radius 2 is 2.20 bits per heavy atom. The average molecular weight is 284 g/mol. The number of benzene rings is 1. The topological polar surface area (TPSA) is 22.1 Å². The number of rotatable bonds is 2. The molecule has 0 spiro atoms. The van der Waals surface area contributed by atoms with Crippen molar-refractivity contribution in [3.05, 3.63) is 33.1 Å². The van der Waals surface area contributed by atoms with E-state index in [-0.39, 0.29) is 0 Å². The van der Waals surface area contributed by atoms with Gasteiger partial charge in [0.1, 0.15) is 5.75 Å². The largest absolute Gasteiger partial charge is 0.496 e. The van der Waals surface area contributed by atoms with Crippen LogP contribution in [0.1, 0.15) is 5.56 Å². The van der Waals surface area contributed by atoms with Gasteiger partial charge in [-0.3, -0.25) is 0 Å². The van der Waals surface area contributed by atoms with Crippen molar-refractivity contribution in [3.63, 3.8) is 0 Å². The van der Waals surface area contributed by atoms with Crippen LogP contribution in [-0.2, 0) is 0 Å². The fourth-order valence-corrected chi connectivity index (χ4v) is 2.40. The number of methoxy groups -OCH3 is 1. The van der Waals surface area contributed by atoms with Gasteiger partial charge in [-0.2, -0.15) is 0 Å². The van der Waals surface area contributed by atoms with E-state index in [9.17, 15) is 0 Å². The summed E-state index contributed by atoms with van der Waals surface area (Å²) in [4.78, 5) is 4.37. The molecule has 2 rings (SSSR count). The lowest BCUT2D eigenvalue weighted by atomic mass is 10.1. The zero-order chi connectivity index (χ0) is 10.8. The molecule has 0 unspecified atom stereocenters. The summed E-state index contributed by atoms with van der Waals surface area (Å²) in [6.45, 7) is 2.04. The number of ether oxygens (including phenoxy) is 1. The molecule has 0 bridgehead atoms. The second-order valence-electron chi connectivity index (χ2n) is 3.19. The fourth-order valence-electron chi connectivity index (χ4n) is 1.39. The molecule has 2 aromatic rings. The minimum absolute atomic E-state index is 0.868. The molecule has 4 heteroatoms. The zero-order valence-electron chi connectivity index (χ0n) is 8.45. The van der Waals surface area contributed by atoms with Crippen LogP contribution in [0.2, 0.25) is 0 Å². The number of aryl methyl sites for hydroxylation is 1. The highest BCUT2D eigenvalue weighted by atomic mass is 79.9. The van der Waals surface area contributed by atoms with E-state index in [2.05, 4.69) is 27.0 Å². The summed E-state index contributed by atoms with van der Waals surface area (Å²) < 4.78 is 6.23. The van der Waals surface area contributed by atoms with Gasteiger partial charge < -0.3 is 4.74 Å². The Morgan fingerprint density at radius 3 is 2.80 bits per heavy atom. The van der Waals surface area contributed by atoms with Gasteiger partial charge in [0.15, 0.2) is 3.92 Å². The Balaban J connectivity index is 2.52. The number of hydrogen-bond acceptors (Lipinski definition) is 3. The van der Waals surface area contributed by atoms with Gasteiger partial charge in [-0.1, -0.05) is 6.07 Å². The second-order valence-corrected chi connectivity index (χ2v) is 5.32. The van der Waals surface area contributed by atoms with E-state index in [1.165, 1.54) is 5.56 Å². The molecule has 2 nitrogen and oxygen atoms in total. The highest BCUT2D eigenvalue weighted by Gasteiger charge is 2.08. The molecule has 0 aliphatic rings. The third-order valence-electron chi connectivity index (χ3n) is 2.11. The molecule has 0 saturated carbocycles. The zero-order valence-corrected chi connectivity index (χ0v) is 10.9. The van der Waals surface area contributed by atoms with Gasteiger partial charge in [0, 0.05) is 10.9 Å². The van der Waals surface area contributed by atoms with Gasteiger partial charge in [-0.15, -0.1) is 11.3 Å². The number of nitrogens with zero attached hydrogens (tertiary/aromatic N) is 1. The summed E-state index contributed by atoms with van der Waals surface area (Å²) in [5, 5.41) is 2.01. The van der Waals surface area contributed by atoms with Crippen LogP contribution in [-0.4, -0.2) is 12.1 Å². The highest BCUT2D eigenvalue weighted by molar-refractivity contribution is 9.11. The van der Waals surface area contributed by atoms with Gasteiger partial charge in [-0.25, -0.2) is 4.98 Å². The quantitative estimate of drug-likeness (QED) is 0.834. The average Bonchev–Trinajstić information content (AvgIpc) is 2.64. The van der Waals surface area contributed by atoms with E-state index in [1.54, 1.807) is 18.4 Å². The summed E-state index contributed by atoms with van der Waals surface area (Å²) in [6, 6.07) is 6.11. The molecule has 1 aromatic heterocycles. The summed E-state index contributed by atoms with van der Waals surface area (Å²) in [5.74, 6) is 0.868. The first-order valence-electron chi connectivity index (χ1n) is 4.47. The Labute approximate surface area is 101 Å². The van der Waals surface area contributed by atoms with Crippen LogP contribution in [0.4, 0.5) is 0 Å². The highest BCUT2D eigenvalue weighted by Crippen LogP contribution is 2.32. The predicted molar refractivity (Wildman–Crippen MR) is 66.5 cm³/mol. The molecule has 0 saturated heterocycles. The van der Waals surface area contributed by atoms with E-state index in [1.807, 2.05) is 24.4 Å². The molecule has 15 heavy (non-hydrogen) atoms. The molecule has 0 aliphatic carbocycles. The number of halogens is 1. The van der Waals surface area contributed by atoms with Crippen molar-refractivity contribution >= 4 is 27.3 Å². The Kier molecular flexibility index (Phi) is 3.07. The van der Waals surface area contributed by atoms with Crippen molar-refractivity contribution in [1.29, 1.82) is 0 Å². The van der Waals surface area contributed by atoms with Crippen LogP contribution in [0, 0.1) is 6.92 Å². The summed E-state index contributed by atoms with van der Waals surface area (Å²) in [7, 11) is 1.68. The Hall–Kier alpha value is -0.870. The van der Waals surface area contributed by atoms with Gasteiger partial charge >= 0.3 is 0 Å². The molecule has 1 aromatic carbocycles. The molecule has 0 atom stereocenters. The fraction of sp³-hybridized carbons (Fsp3) is 0.182. The summed E-state index contributed by atoms with van der Waals surface area (Å²) in [5.41, 5.74) is 3.17. The van der Waals surface area contributed by atoms with Gasteiger partial charge in [0.2, 0.25) is 0 Å². The van der Waals surface area contributed by atoms with Crippen LogP contribution in [0.15, 0.2) is 27.5 Å². The first-order chi connectivity index (χ1) is 7.20. The smallest absolute Gasteiger partial charge is 0.159 e. The minimum Gasteiger partial charge on any atom is -0.496 e. The lowest BCUT2D eigenvalue weighted by Gasteiger charge is -2.06. The van der Waals surface area contributed by atoms with Crippen molar-refractivity contribution in [2.24, 2.45) is 0 Å². The molecule has 0 amide bonds. The normalized spacial score (nSPS) is 10.3. The SMILES string of the molecule is COc1cc(C)ccc1-c1csc(Br)n1. The lowest BCUT2D eigenvalue weighted by molar-refractivity contribution is 0.416. The van der Waals surface area contributed by atoms with Crippen LogP contribution >= 0.6 is 27.3 Å². The van der Waals surface area contributed by atoms with Crippen LogP contribution in [0.25, 0.3) is 11.3 Å². The standard InChI is InChI=1S/C11H10BrNOS/c1-7-3-4-8(10(5-7)14-2)9-6-15-11(12)13-9/h3-6H,1-2H3. The number of aromatic nitrogens is 1. The molecular weight excluding hydrogens is 274 g/mol. The minimum atomic E-state index is 0.868. The number of thiazole rings is 1. The molecular formula is C11H10BrNOS. The molecule has 0 fully saturated rings. The molecule has 0 N–H and O–H groups in total. The van der Waals surface area contributed by atoms with Crippen molar-refractivity contribution in [1.82, 2.24) is 4.98 Å². The maximum Gasteiger partial charge on any atom is 0.159 e. The van der Waals surface area contributed by atoms with E-state index < -0.39 is 0 Å². The molecule has 0 radical (unpaired) electrons. The summed E-state index contributed by atoms with van der Waals surface area (Å²) in [6.07, 6.45) is 0. The van der Waals surface area contributed by atoms with E-state index >= 15 is 0 Å². The van der Waals surface area contributed by atoms with Crippen LogP contribution in [0.5, 0.6) is 5.75 Å². The van der Waals surface area contributed by atoms with E-state index in [0.717, 1.165) is 20.9 Å².